The van der Waals surface area contributed by atoms with Gasteiger partial charge in [-0.3, -0.25) is 9.80 Å². The number of piperazine rings is 1. The van der Waals surface area contributed by atoms with Gasteiger partial charge in [-0.2, -0.15) is 4.98 Å². The van der Waals surface area contributed by atoms with Gasteiger partial charge in [0, 0.05) is 32.7 Å². The molecule has 1 aromatic heterocycles. The largest absolute Gasteiger partial charge is 0.338 e. The molecule has 0 amide bonds. The van der Waals surface area contributed by atoms with Gasteiger partial charge in [-0.05, 0) is 44.4 Å². The van der Waals surface area contributed by atoms with Crippen LogP contribution < -0.4 is 0 Å². The lowest BCUT2D eigenvalue weighted by molar-refractivity contribution is 0.0844. The van der Waals surface area contributed by atoms with Gasteiger partial charge in [-0.15, -0.1) is 0 Å². The van der Waals surface area contributed by atoms with Gasteiger partial charge in [-0.25, -0.2) is 0 Å². The highest BCUT2D eigenvalue weighted by Crippen LogP contribution is 2.21. The van der Waals surface area contributed by atoms with E-state index in [0.717, 1.165) is 38.6 Å². The summed E-state index contributed by atoms with van der Waals surface area (Å²) in [5.74, 6) is 1.44. The third-order valence-corrected chi connectivity index (χ3v) is 4.97. The Bertz CT molecular complexity index is 659. The first kappa shape index (κ1) is 16.1. The second-order valence-corrected chi connectivity index (χ2v) is 6.53. The Kier molecular flexibility index (Phi) is 4.78. The summed E-state index contributed by atoms with van der Waals surface area (Å²) in [6.45, 7) is 13.7. The van der Waals surface area contributed by atoms with Gasteiger partial charge in [0.1, 0.15) is 0 Å². The monoisotopic (exact) mass is 314 g/mol. The van der Waals surface area contributed by atoms with Gasteiger partial charge in [0.25, 0.3) is 0 Å². The molecule has 0 bridgehead atoms. The number of aryl methyl sites for hydroxylation is 2. The summed E-state index contributed by atoms with van der Waals surface area (Å²) in [5.41, 5.74) is 4.24. The number of aromatic nitrogens is 2. The lowest BCUT2D eigenvalue weighted by atomic mass is 10.0. The smallest absolute Gasteiger partial charge is 0.243 e. The fourth-order valence-electron chi connectivity index (χ4n) is 3.17. The summed E-state index contributed by atoms with van der Waals surface area (Å²) in [7, 11) is 0. The van der Waals surface area contributed by atoms with Crippen LogP contribution in [0.15, 0.2) is 22.7 Å². The molecule has 0 radical (unpaired) electrons. The molecule has 0 N–H and O–H groups in total. The molecule has 1 saturated heterocycles. The van der Waals surface area contributed by atoms with Crippen LogP contribution in [0.1, 0.15) is 41.4 Å². The zero-order valence-corrected chi connectivity index (χ0v) is 14.5. The number of hydrogen-bond acceptors (Lipinski definition) is 5. The second-order valence-electron chi connectivity index (χ2n) is 6.53. The molecular weight excluding hydrogens is 288 g/mol. The van der Waals surface area contributed by atoms with Crippen molar-refractivity contribution in [2.75, 3.05) is 26.2 Å². The molecule has 2 aromatic rings. The summed E-state index contributed by atoms with van der Waals surface area (Å²) < 4.78 is 5.31. The van der Waals surface area contributed by atoms with Gasteiger partial charge in [0.15, 0.2) is 5.82 Å². The molecule has 1 aliphatic heterocycles. The Morgan fingerprint density at radius 2 is 1.87 bits per heavy atom. The maximum Gasteiger partial charge on any atom is 0.243 e. The molecule has 124 valence electrons. The van der Waals surface area contributed by atoms with Gasteiger partial charge in [0.2, 0.25) is 5.89 Å². The molecule has 5 nitrogen and oxygen atoms in total. The van der Waals surface area contributed by atoms with Crippen LogP contribution in [0.3, 0.4) is 0 Å². The van der Waals surface area contributed by atoms with E-state index in [1.807, 2.05) is 6.92 Å². The number of rotatable bonds is 4. The van der Waals surface area contributed by atoms with E-state index in [-0.39, 0.29) is 6.04 Å². The fraction of sp³-hybridized carbons (Fsp3) is 0.556. The Labute approximate surface area is 138 Å². The van der Waals surface area contributed by atoms with Crippen LogP contribution in [0.25, 0.3) is 0 Å². The molecule has 3 rings (SSSR count). The van der Waals surface area contributed by atoms with Crippen molar-refractivity contribution < 1.29 is 4.52 Å². The van der Waals surface area contributed by atoms with Crippen LogP contribution in [-0.2, 0) is 6.54 Å². The predicted octanol–water partition coefficient (Wildman–Crippen LogP) is 2.87. The standard InChI is InChI=1S/C18H26N4O/c1-13-6-5-7-17(14(13)2)12-21-8-10-22(11-9-21)15(3)18-19-16(4)20-23-18/h5-7,15H,8-12H2,1-4H3. The van der Waals surface area contributed by atoms with Crippen molar-refractivity contribution in [3.05, 3.63) is 46.6 Å². The Morgan fingerprint density at radius 1 is 1.13 bits per heavy atom. The van der Waals surface area contributed by atoms with Crippen LogP contribution in [0, 0.1) is 20.8 Å². The van der Waals surface area contributed by atoms with Crippen molar-refractivity contribution in [1.82, 2.24) is 19.9 Å². The highest BCUT2D eigenvalue weighted by atomic mass is 16.5. The minimum atomic E-state index is 0.194. The van der Waals surface area contributed by atoms with E-state index >= 15 is 0 Å². The van der Waals surface area contributed by atoms with Crippen LogP contribution in [0.2, 0.25) is 0 Å². The topological polar surface area (TPSA) is 45.4 Å². The van der Waals surface area contributed by atoms with Gasteiger partial charge < -0.3 is 4.52 Å². The quantitative estimate of drug-likeness (QED) is 0.868. The van der Waals surface area contributed by atoms with Gasteiger partial charge in [-0.1, -0.05) is 23.4 Å². The van der Waals surface area contributed by atoms with E-state index in [1.165, 1.54) is 16.7 Å². The summed E-state index contributed by atoms with van der Waals surface area (Å²) in [6, 6.07) is 6.79. The van der Waals surface area contributed by atoms with Crippen LogP contribution in [-0.4, -0.2) is 46.1 Å². The summed E-state index contributed by atoms with van der Waals surface area (Å²) in [4.78, 5) is 9.32. The summed E-state index contributed by atoms with van der Waals surface area (Å²) in [5, 5.41) is 3.90. The number of nitrogens with zero attached hydrogens (tertiary/aromatic N) is 4. The Hall–Kier alpha value is -1.72. The average molecular weight is 314 g/mol. The van der Waals surface area contributed by atoms with Crippen molar-refractivity contribution in [2.24, 2.45) is 0 Å². The zero-order chi connectivity index (χ0) is 16.4. The second kappa shape index (κ2) is 6.81. The zero-order valence-electron chi connectivity index (χ0n) is 14.5. The maximum atomic E-state index is 5.31. The molecule has 5 heteroatoms. The SMILES string of the molecule is Cc1noc(C(C)N2CCN(Cc3cccc(C)c3C)CC2)n1. The normalized spacial score (nSPS) is 18.3. The van der Waals surface area contributed by atoms with Crippen molar-refractivity contribution >= 4 is 0 Å². The number of benzene rings is 1. The Balaban J connectivity index is 1.57. The van der Waals surface area contributed by atoms with Crippen molar-refractivity contribution in [2.45, 2.75) is 40.3 Å². The molecule has 0 aliphatic carbocycles. The first-order valence-electron chi connectivity index (χ1n) is 8.36. The maximum absolute atomic E-state index is 5.31. The van der Waals surface area contributed by atoms with Crippen molar-refractivity contribution in [3.8, 4) is 0 Å². The van der Waals surface area contributed by atoms with Gasteiger partial charge in [0.05, 0.1) is 6.04 Å². The predicted molar refractivity (Wildman–Crippen MR) is 90.2 cm³/mol. The first-order chi connectivity index (χ1) is 11.0. The third kappa shape index (κ3) is 3.62. The molecule has 1 aromatic carbocycles. The molecule has 1 atom stereocenters. The summed E-state index contributed by atoms with van der Waals surface area (Å²) in [6.07, 6.45) is 0. The lowest BCUT2D eigenvalue weighted by Crippen LogP contribution is -2.46. The van der Waals surface area contributed by atoms with E-state index in [1.54, 1.807) is 0 Å². The van der Waals surface area contributed by atoms with Crippen molar-refractivity contribution in [1.29, 1.82) is 0 Å². The minimum absolute atomic E-state index is 0.194. The van der Waals surface area contributed by atoms with E-state index in [9.17, 15) is 0 Å². The van der Waals surface area contributed by atoms with E-state index in [4.69, 9.17) is 4.52 Å². The number of hydrogen-bond donors (Lipinski definition) is 0. The molecule has 2 heterocycles. The molecule has 23 heavy (non-hydrogen) atoms. The lowest BCUT2D eigenvalue weighted by Gasteiger charge is -2.37. The van der Waals surface area contributed by atoms with Crippen LogP contribution >= 0.6 is 0 Å². The fourth-order valence-corrected chi connectivity index (χ4v) is 3.17. The van der Waals surface area contributed by atoms with E-state index in [2.05, 4.69) is 58.9 Å². The molecule has 0 spiro atoms. The molecule has 0 saturated carbocycles. The van der Waals surface area contributed by atoms with Crippen LogP contribution in [0.4, 0.5) is 0 Å². The third-order valence-electron chi connectivity index (χ3n) is 4.97. The first-order valence-corrected chi connectivity index (χ1v) is 8.36. The molecule has 1 aliphatic rings. The summed E-state index contributed by atoms with van der Waals surface area (Å²) >= 11 is 0. The van der Waals surface area contributed by atoms with Crippen molar-refractivity contribution in [3.63, 3.8) is 0 Å². The molecule has 1 fully saturated rings. The minimum Gasteiger partial charge on any atom is -0.338 e. The highest BCUT2D eigenvalue weighted by Gasteiger charge is 2.25. The highest BCUT2D eigenvalue weighted by molar-refractivity contribution is 5.33. The van der Waals surface area contributed by atoms with E-state index < -0.39 is 0 Å². The average Bonchev–Trinajstić information content (AvgIpc) is 2.98. The molecular formula is C18H26N4O. The van der Waals surface area contributed by atoms with Gasteiger partial charge >= 0.3 is 0 Å². The Morgan fingerprint density at radius 3 is 2.52 bits per heavy atom. The van der Waals surface area contributed by atoms with E-state index in [0.29, 0.717) is 5.82 Å². The van der Waals surface area contributed by atoms with Crippen LogP contribution in [0.5, 0.6) is 0 Å². The molecule has 1 unspecified atom stereocenters.